The van der Waals surface area contributed by atoms with Crippen LogP contribution in [0.4, 0.5) is 0 Å². The minimum atomic E-state index is -0.370. The predicted molar refractivity (Wildman–Crippen MR) is 74.0 cm³/mol. The van der Waals surface area contributed by atoms with Crippen molar-refractivity contribution >= 4 is 27.5 Å². The fraction of sp³-hybridized carbons (Fsp3) is 0.286. The lowest BCUT2D eigenvalue weighted by atomic mass is 9.89. The number of aromatic hydroxyl groups is 1. The number of carbonyl (C=O) groups excluding carboxylic acids is 2. The number of ketones is 2. The van der Waals surface area contributed by atoms with E-state index in [-0.39, 0.29) is 32.9 Å². The molecular formula is C14H13BrO4. The van der Waals surface area contributed by atoms with Crippen molar-refractivity contribution in [3.05, 3.63) is 39.4 Å². The molecule has 0 radical (unpaired) electrons. The third-order valence-electron chi connectivity index (χ3n) is 2.94. The van der Waals surface area contributed by atoms with Crippen LogP contribution in [-0.2, 0) is 11.2 Å². The molecule has 0 aliphatic heterocycles. The van der Waals surface area contributed by atoms with Crippen molar-refractivity contribution in [3.8, 4) is 5.75 Å². The SMILES string of the molecule is CCOCCc1ccc(O)c2c1C(=O)C=C(Br)C2=O. The van der Waals surface area contributed by atoms with Gasteiger partial charge in [-0.2, -0.15) is 0 Å². The third kappa shape index (κ3) is 2.62. The zero-order valence-corrected chi connectivity index (χ0v) is 12.0. The number of carbonyl (C=O) groups is 2. The number of phenols is 1. The van der Waals surface area contributed by atoms with Crippen molar-refractivity contribution in [1.29, 1.82) is 0 Å². The number of benzene rings is 1. The number of hydrogen-bond acceptors (Lipinski definition) is 4. The normalized spacial score (nSPS) is 14.3. The van der Waals surface area contributed by atoms with Crippen LogP contribution in [0.2, 0.25) is 0 Å². The second kappa shape index (κ2) is 5.67. The van der Waals surface area contributed by atoms with E-state index in [2.05, 4.69) is 15.9 Å². The second-order valence-electron chi connectivity index (χ2n) is 4.13. The molecule has 4 nitrogen and oxygen atoms in total. The predicted octanol–water partition coefficient (Wildman–Crippen LogP) is 2.63. The number of rotatable bonds is 4. The highest BCUT2D eigenvalue weighted by Crippen LogP contribution is 2.33. The van der Waals surface area contributed by atoms with Crippen LogP contribution in [0.15, 0.2) is 22.7 Å². The van der Waals surface area contributed by atoms with E-state index in [9.17, 15) is 14.7 Å². The van der Waals surface area contributed by atoms with Gasteiger partial charge in [-0.1, -0.05) is 6.07 Å². The molecule has 0 heterocycles. The molecule has 0 saturated carbocycles. The Hall–Kier alpha value is -1.46. The molecular weight excluding hydrogens is 312 g/mol. The van der Waals surface area contributed by atoms with E-state index in [0.29, 0.717) is 19.6 Å². The van der Waals surface area contributed by atoms with Crippen molar-refractivity contribution < 1.29 is 19.4 Å². The summed E-state index contributed by atoms with van der Waals surface area (Å²) < 4.78 is 5.43. The molecule has 1 N–H and O–H groups in total. The van der Waals surface area contributed by atoms with Gasteiger partial charge in [-0.05, 0) is 40.9 Å². The number of halogens is 1. The highest BCUT2D eigenvalue weighted by atomic mass is 79.9. The van der Waals surface area contributed by atoms with E-state index in [1.165, 1.54) is 12.1 Å². The molecule has 0 aromatic heterocycles. The summed E-state index contributed by atoms with van der Waals surface area (Å²) in [6.07, 6.45) is 1.77. The second-order valence-corrected chi connectivity index (χ2v) is 4.98. The Labute approximate surface area is 119 Å². The zero-order chi connectivity index (χ0) is 14.0. The Bertz CT molecular complexity index is 575. The molecule has 0 spiro atoms. The molecule has 1 aromatic rings. The van der Waals surface area contributed by atoms with Gasteiger partial charge in [0.05, 0.1) is 16.7 Å². The number of phenolic OH excluding ortho intramolecular Hbond substituents is 1. The summed E-state index contributed by atoms with van der Waals surface area (Å²) in [5.74, 6) is -0.812. The molecule has 1 aliphatic carbocycles. The maximum atomic E-state index is 12.0. The number of hydrogen-bond donors (Lipinski definition) is 1. The Morgan fingerprint density at radius 3 is 2.68 bits per heavy atom. The number of ether oxygens (including phenoxy) is 1. The first-order chi connectivity index (χ1) is 9.06. The average Bonchev–Trinajstić information content (AvgIpc) is 2.38. The summed E-state index contributed by atoms with van der Waals surface area (Å²) in [6, 6.07) is 3.10. The first-order valence-corrected chi connectivity index (χ1v) is 6.74. The third-order valence-corrected chi connectivity index (χ3v) is 3.53. The van der Waals surface area contributed by atoms with E-state index in [0.717, 1.165) is 5.56 Å². The molecule has 0 bridgehead atoms. The Morgan fingerprint density at radius 2 is 2.00 bits per heavy atom. The maximum absolute atomic E-state index is 12.0. The van der Waals surface area contributed by atoms with Gasteiger partial charge in [0.2, 0.25) is 5.78 Å². The number of fused-ring (bicyclic) bond motifs is 1. The Morgan fingerprint density at radius 1 is 1.26 bits per heavy atom. The lowest BCUT2D eigenvalue weighted by Gasteiger charge is -2.17. The topological polar surface area (TPSA) is 63.6 Å². The van der Waals surface area contributed by atoms with Crippen LogP contribution in [0.5, 0.6) is 5.75 Å². The van der Waals surface area contributed by atoms with Gasteiger partial charge in [-0.3, -0.25) is 9.59 Å². The van der Waals surface area contributed by atoms with Gasteiger partial charge >= 0.3 is 0 Å². The van der Waals surface area contributed by atoms with Crippen molar-refractivity contribution in [2.75, 3.05) is 13.2 Å². The quantitative estimate of drug-likeness (QED) is 0.865. The molecule has 2 rings (SSSR count). The molecule has 0 unspecified atom stereocenters. The van der Waals surface area contributed by atoms with Crippen LogP contribution in [0, 0.1) is 0 Å². The van der Waals surface area contributed by atoms with Gasteiger partial charge in [-0.25, -0.2) is 0 Å². The van der Waals surface area contributed by atoms with E-state index in [1.807, 2.05) is 6.92 Å². The first kappa shape index (κ1) is 14.0. The summed E-state index contributed by atoms with van der Waals surface area (Å²) in [7, 11) is 0. The van der Waals surface area contributed by atoms with Gasteiger partial charge < -0.3 is 9.84 Å². The monoisotopic (exact) mass is 324 g/mol. The highest BCUT2D eigenvalue weighted by Gasteiger charge is 2.29. The van der Waals surface area contributed by atoms with Crippen LogP contribution in [0.1, 0.15) is 33.2 Å². The molecule has 0 saturated heterocycles. The first-order valence-electron chi connectivity index (χ1n) is 5.95. The standard InChI is InChI=1S/C14H13BrO4/c1-2-19-6-5-8-3-4-10(16)13-12(8)11(17)7-9(15)14(13)18/h3-4,7,16H,2,5-6H2,1H3. The maximum Gasteiger partial charge on any atom is 0.204 e. The molecule has 1 aromatic carbocycles. The Balaban J connectivity index is 2.47. The molecule has 5 heteroatoms. The smallest absolute Gasteiger partial charge is 0.204 e. The lowest BCUT2D eigenvalue weighted by molar-refractivity contribution is 0.0987. The number of Topliss-reactive ketones (excluding diaryl/α,β-unsaturated/α-hetero) is 1. The van der Waals surface area contributed by atoms with Crippen LogP contribution in [0.25, 0.3) is 0 Å². The van der Waals surface area contributed by atoms with Crippen LogP contribution in [0.3, 0.4) is 0 Å². The fourth-order valence-electron chi connectivity index (χ4n) is 2.05. The van der Waals surface area contributed by atoms with E-state index >= 15 is 0 Å². The van der Waals surface area contributed by atoms with Crippen LogP contribution >= 0.6 is 15.9 Å². The molecule has 0 atom stereocenters. The van der Waals surface area contributed by atoms with Crippen molar-refractivity contribution in [1.82, 2.24) is 0 Å². The van der Waals surface area contributed by atoms with E-state index < -0.39 is 0 Å². The summed E-state index contributed by atoms with van der Waals surface area (Å²) in [5, 5.41) is 9.81. The largest absolute Gasteiger partial charge is 0.507 e. The molecule has 19 heavy (non-hydrogen) atoms. The van der Waals surface area contributed by atoms with Crippen molar-refractivity contribution in [2.24, 2.45) is 0 Å². The minimum Gasteiger partial charge on any atom is -0.507 e. The summed E-state index contributed by atoms with van der Waals surface area (Å²) in [5.41, 5.74) is 1.08. The van der Waals surface area contributed by atoms with Gasteiger partial charge in [-0.15, -0.1) is 0 Å². The fourth-order valence-corrected chi connectivity index (χ4v) is 2.46. The van der Waals surface area contributed by atoms with Crippen LogP contribution < -0.4 is 0 Å². The summed E-state index contributed by atoms with van der Waals surface area (Å²) in [4.78, 5) is 24.0. The molecule has 100 valence electrons. The lowest BCUT2D eigenvalue weighted by Crippen LogP contribution is -2.17. The highest BCUT2D eigenvalue weighted by molar-refractivity contribution is 9.12. The van der Waals surface area contributed by atoms with Crippen LogP contribution in [-0.4, -0.2) is 29.9 Å². The van der Waals surface area contributed by atoms with Crippen molar-refractivity contribution in [3.63, 3.8) is 0 Å². The average molecular weight is 325 g/mol. The zero-order valence-electron chi connectivity index (χ0n) is 10.4. The van der Waals surface area contributed by atoms with Gasteiger partial charge in [0.25, 0.3) is 0 Å². The summed E-state index contributed by atoms with van der Waals surface area (Å²) in [6.45, 7) is 2.96. The minimum absolute atomic E-state index is 0.0772. The van der Waals surface area contributed by atoms with Crippen molar-refractivity contribution in [2.45, 2.75) is 13.3 Å². The Kier molecular flexibility index (Phi) is 4.17. The van der Waals surface area contributed by atoms with Gasteiger partial charge in [0.1, 0.15) is 5.75 Å². The molecule has 1 aliphatic rings. The van der Waals surface area contributed by atoms with E-state index in [1.54, 1.807) is 6.07 Å². The number of allylic oxidation sites excluding steroid dienone is 2. The molecule has 0 fully saturated rings. The summed E-state index contributed by atoms with van der Waals surface area (Å²) >= 11 is 3.04. The van der Waals surface area contributed by atoms with Gasteiger partial charge in [0.15, 0.2) is 5.78 Å². The molecule has 0 amide bonds. The van der Waals surface area contributed by atoms with E-state index in [4.69, 9.17) is 4.74 Å². The van der Waals surface area contributed by atoms with Gasteiger partial charge in [0, 0.05) is 18.2 Å².